The van der Waals surface area contributed by atoms with Crippen LogP contribution in [-0.4, -0.2) is 12.6 Å². The van der Waals surface area contributed by atoms with Crippen LogP contribution in [0, 0.1) is 0 Å². The van der Waals surface area contributed by atoms with Crippen LogP contribution in [0.5, 0.6) is 0 Å². The fourth-order valence-corrected chi connectivity index (χ4v) is 1.06. The molecule has 0 aliphatic rings. The number of nitrogens with one attached hydrogen (secondary N) is 1. The summed E-state index contributed by atoms with van der Waals surface area (Å²) in [6.07, 6.45) is 0. The predicted octanol–water partition coefficient (Wildman–Crippen LogP) is 0.706. The van der Waals surface area contributed by atoms with Gasteiger partial charge in [0, 0.05) is 24.8 Å². The molecule has 3 heteroatoms. The van der Waals surface area contributed by atoms with Crippen molar-refractivity contribution in [2.75, 3.05) is 12.3 Å². The summed E-state index contributed by atoms with van der Waals surface area (Å²) in [5, 5.41) is 3.28. The second kappa shape index (κ2) is 4.84. The summed E-state index contributed by atoms with van der Waals surface area (Å²) >= 11 is 0. The molecule has 1 rings (SSSR count). The average molecular weight is 179 g/mol. The van der Waals surface area contributed by atoms with Crippen molar-refractivity contribution < 1.29 is 0 Å². The molecular weight excluding hydrogens is 162 g/mol. The molecule has 1 atom stereocenters. The van der Waals surface area contributed by atoms with Crippen molar-refractivity contribution >= 4 is 5.69 Å². The van der Waals surface area contributed by atoms with Crippen molar-refractivity contribution in [3.05, 3.63) is 29.8 Å². The first-order valence-electron chi connectivity index (χ1n) is 4.51. The van der Waals surface area contributed by atoms with Gasteiger partial charge in [-0.25, -0.2) is 0 Å². The lowest BCUT2D eigenvalue weighted by atomic mass is 10.2. The fourth-order valence-electron chi connectivity index (χ4n) is 1.06. The van der Waals surface area contributed by atoms with E-state index >= 15 is 0 Å². The van der Waals surface area contributed by atoms with E-state index in [0.717, 1.165) is 17.8 Å². The average Bonchev–Trinajstić information content (AvgIpc) is 2.16. The topological polar surface area (TPSA) is 64.1 Å². The van der Waals surface area contributed by atoms with E-state index in [1.165, 1.54) is 0 Å². The molecule has 13 heavy (non-hydrogen) atoms. The Morgan fingerprint density at radius 2 is 2.08 bits per heavy atom. The van der Waals surface area contributed by atoms with Crippen molar-refractivity contribution in [2.24, 2.45) is 5.73 Å². The smallest absolute Gasteiger partial charge is 0.0359 e. The molecule has 1 aromatic carbocycles. The van der Waals surface area contributed by atoms with Crippen LogP contribution in [0.15, 0.2) is 24.3 Å². The Morgan fingerprint density at radius 1 is 1.38 bits per heavy atom. The Balaban J connectivity index is 2.50. The standard InChI is InChI=1S/C10H17N3/c1-8(6-11)13-7-9-4-2-3-5-10(9)12/h2-5,8,13H,6-7,11-12H2,1H3/t8-/m0/s1. The summed E-state index contributed by atoms with van der Waals surface area (Å²) in [6, 6.07) is 8.18. The van der Waals surface area contributed by atoms with Gasteiger partial charge in [0.2, 0.25) is 0 Å². The van der Waals surface area contributed by atoms with Gasteiger partial charge in [-0.05, 0) is 18.6 Å². The van der Waals surface area contributed by atoms with Crippen LogP contribution in [0.25, 0.3) is 0 Å². The van der Waals surface area contributed by atoms with Crippen molar-refractivity contribution in [3.8, 4) is 0 Å². The second-order valence-corrected chi connectivity index (χ2v) is 3.22. The Bertz CT molecular complexity index is 260. The SMILES string of the molecule is C[C@@H](CN)NCc1ccccc1N. The summed E-state index contributed by atoms with van der Waals surface area (Å²) in [7, 11) is 0. The number of benzene rings is 1. The first-order chi connectivity index (χ1) is 6.24. The first-order valence-corrected chi connectivity index (χ1v) is 4.51. The molecular formula is C10H17N3. The van der Waals surface area contributed by atoms with Crippen molar-refractivity contribution in [1.82, 2.24) is 5.32 Å². The minimum absolute atomic E-state index is 0.333. The van der Waals surface area contributed by atoms with Gasteiger partial charge >= 0.3 is 0 Å². The van der Waals surface area contributed by atoms with Gasteiger partial charge in [-0.15, -0.1) is 0 Å². The molecule has 1 aromatic rings. The van der Waals surface area contributed by atoms with Crippen LogP contribution >= 0.6 is 0 Å². The molecule has 5 N–H and O–H groups in total. The molecule has 0 aromatic heterocycles. The van der Waals surface area contributed by atoms with Gasteiger partial charge in [-0.1, -0.05) is 18.2 Å². The number of para-hydroxylation sites is 1. The van der Waals surface area contributed by atoms with Gasteiger partial charge in [0.15, 0.2) is 0 Å². The lowest BCUT2D eigenvalue weighted by molar-refractivity contribution is 0.557. The summed E-state index contributed by atoms with van der Waals surface area (Å²) in [5.41, 5.74) is 13.2. The van der Waals surface area contributed by atoms with Gasteiger partial charge in [-0.3, -0.25) is 0 Å². The van der Waals surface area contributed by atoms with Crippen LogP contribution in [0.4, 0.5) is 5.69 Å². The molecule has 0 unspecified atom stereocenters. The van der Waals surface area contributed by atoms with Gasteiger partial charge in [0.05, 0.1) is 0 Å². The Morgan fingerprint density at radius 3 is 2.69 bits per heavy atom. The highest BCUT2D eigenvalue weighted by Gasteiger charge is 2.00. The zero-order valence-electron chi connectivity index (χ0n) is 7.96. The van der Waals surface area contributed by atoms with Crippen LogP contribution in [0.1, 0.15) is 12.5 Å². The maximum Gasteiger partial charge on any atom is 0.0359 e. The van der Waals surface area contributed by atoms with Gasteiger partial charge in [0.25, 0.3) is 0 Å². The van der Waals surface area contributed by atoms with Gasteiger partial charge in [0.1, 0.15) is 0 Å². The number of rotatable bonds is 4. The molecule has 0 saturated carbocycles. The number of anilines is 1. The lowest BCUT2D eigenvalue weighted by Gasteiger charge is -2.12. The minimum atomic E-state index is 0.333. The van der Waals surface area contributed by atoms with E-state index in [1.807, 2.05) is 24.3 Å². The highest BCUT2D eigenvalue weighted by atomic mass is 14.9. The molecule has 0 aliphatic carbocycles. The number of hydrogen-bond acceptors (Lipinski definition) is 3. The number of nitrogens with two attached hydrogens (primary N) is 2. The quantitative estimate of drug-likeness (QED) is 0.596. The van der Waals surface area contributed by atoms with E-state index in [-0.39, 0.29) is 0 Å². The molecule has 0 amide bonds. The normalized spacial score (nSPS) is 12.8. The highest BCUT2D eigenvalue weighted by molar-refractivity contribution is 5.46. The number of hydrogen-bond donors (Lipinski definition) is 3. The minimum Gasteiger partial charge on any atom is -0.398 e. The maximum absolute atomic E-state index is 5.78. The molecule has 0 aliphatic heterocycles. The largest absolute Gasteiger partial charge is 0.398 e. The third-order valence-electron chi connectivity index (χ3n) is 2.05. The maximum atomic E-state index is 5.78. The zero-order valence-corrected chi connectivity index (χ0v) is 7.96. The summed E-state index contributed by atoms with van der Waals surface area (Å²) in [6.45, 7) is 3.48. The molecule has 0 saturated heterocycles. The first kappa shape index (κ1) is 10.0. The Kier molecular flexibility index (Phi) is 3.73. The zero-order chi connectivity index (χ0) is 9.68. The Labute approximate surface area is 79.1 Å². The lowest BCUT2D eigenvalue weighted by Crippen LogP contribution is -2.32. The van der Waals surface area contributed by atoms with Crippen LogP contribution < -0.4 is 16.8 Å². The molecule has 3 nitrogen and oxygen atoms in total. The monoisotopic (exact) mass is 179 g/mol. The fraction of sp³-hybridized carbons (Fsp3) is 0.400. The van der Waals surface area contributed by atoms with E-state index < -0.39 is 0 Å². The molecule has 0 heterocycles. The van der Waals surface area contributed by atoms with Crippen molar-refractivity contribution in [2.45, 2.75) is 19.5 Å². The van der Waals surface area contributed by atoms with E-state index in [9.17, 15) is 0 Å². The molecule has 0 fully saturated rings. The molecule has 72 valence electrons. The van der Waals surface area contributed by atoms with Crippen molar-refractivity contribution in [1.29, 1.82) is 0 Å². The molecule has 0 spiro atoms. The summed E-state index contributed by atoms with van der Waals surface area (Å²) in [5.74, 6) is 0. The van der Waals surface area contributed by atoms with E-state index in [1.54, 1.807) is 0 Å². The second-order valence-electron chi connectivity index (χ2n) is 3.22. The van der Waals surface area contributed by atoms with Crippen molar-refractivity contribution in [3.63, 3.8) is 0 Å². The Hall–Kier alpha value is -1.06. The third-order valence-corrected chi connectivity index (χ3v) is 2.05. The molecule has 0 radical (unpaired) electrons. The van der Waals surface area contributed by atoms with E-state index in [2.05, 4.69) is 12.2 Å². The van der Waals surface area contributed by atoms with E-state index in [4.69, 9.17) is 11.5 Å². The highest BCUT2D eigenvalue weighted by Crippen LogP contribution is 2.09. The van der Waals surface area contributed by atoms with E-state index in [0.29, 0.717) is 12.6 Å². The third kappa shape index (κ3) is 3.05. The number of nitrogen functional groups attached to an aromatic ring is 1. The summed E-state index contributed by atoms with van der Waals surface area (Å²) < 4.78 is 0. The molecule has 0 bridgehead atoms. The van der Waals surface area contributed by atoms with Gasteiger partial charge < -0.3 is 16.8 Å². The summed E-state index contributed by atoms with van der Waals surface area (Å²) in [4.78, 5) is 0. The predicted molar refractivity (Wildman–Crippen MR) is 56.2 cm³/mol. The van der Waals surface area contributed by atoms with Crippen LogP contribution in [0.2, 0.25) is 0 Å². The van der Waals surface area contributed by atoms with Crippen LogP contribution in [-0.2, 0) is 6.54 Å². The van der Waals surface area contributed by atoms with Gasteiger partial charge in [-0.2, -0.15) is 0 Å². The van der Waals surface area contributed by atoms with Crippen LogP contribution in [0.3, 0.4) is 0 Å².